The van der Waals surface area contributed by atoms with Gasteiger partial charge in [0.15, 0.2) is 0 Å². The number of benzene rings is 3. The molecule has 35 heavy (non-hydrogen) atoms. The molecule has 4 aliphatic carbocycles. The van der Waals surface area contributed by atoms with Gasteiger partial charge in [-0.25, -0.2) is 4.90 Å². The number of amides is 2. The van der Waals surface area contributed by atoms with Crippen molar-refractivity contribution in [1.82, 2.24) is 0 Å². The molecule has 4 nitrogen and oxygen atoms in total. The Labute approximate surface area is 209 Å². The third kappa shape index (κ3) is 3.28. The Balaban J connectivity index is 1.25. The predicted octanol–water partition coefficient (Wildman–Crippen LogP) is 7.39. The van der Waals surface area contributed by atoms with Gasteiger partial charge in [0.2, 0.25) is 0 Å². The number of phenols is 1. The van der Waals surface area contributed by atoms with Crippen LogP contribution in [0.5, 0.6) is 5.75 Å². The Bertz CT molecular complexity index is 1410. The molecular weight excluding hydrogens is 454 g/mol. The van der Waals surface area contributed by atoms with Crippen LogP contribution < -0.4 is 4.90 Å². The molecule has 1 saturated heterocycles. The molecule has 3 aromatic carbocycles. The first kappa shape index (κ1) is 21.3. The van der Waals surface area contributed by atoms with Gasteiger partial charge in [-0.15, -0.1) is 0 Å². The van der Waals surface area contributed by atoms with Crippen LogP contribution in [0.15, 0.2) is 66.1 Å². The highest BCUT2D eigenvalue weighted by atomic mass is 32.2. The molecule has 0 spiro atoms. The van der Waals surface area contributed by atoms with E-state index in [1.165, 1.54) is 43.4 Å². The number of imide groups is 1. The number of phenolic OH excluding ortho intramolecular Hbond substituents is 1. The predicted molar refractivity (Wildman–Crippen MR) is 141 cm³/mol. The summed E-state index contributed by atoms with van der Waals surface area (Å²) in [5, 5.41) is 12.6. The molecule has 1 heterocycles. The van der Waals surface area contributed by atoms with Gasteiger partial charge in [-0.3, -0.25) is 9.59 Å². The maximum Gasteiger partial charge on any atom is 0.298 e. The third-order valence-corrected chi connectivity index (χ3v) is 9.63. The Morgan fingerprint density at radius 3 is 2.09 bits per heavy atom. The van der Waals surface area contributed by atoms with Crippen LogP contribution in [0.2, 0.25) is 0 Å². The maximum atomic E-state index is 12.3. The van der Waals surface area contributed by atoms with E-state index in [9.17, 15) is 14.7 Å². The van der Waals surface area contributed by atoms with Gasteiger partial charge in [0.05, 0.1) is 10.6 Å². The normalized spacial score (nSPS) is 29.5. The number of nitrogens with zero attached hydrogens (tertiary/aromatic N) is 1. The van der Waals surface area contributed by atoms with Gasteiger partial charge in [0.1, 0.15) is 5.75 Å². The van der Waals surface area contributed by atoms with Gasteiger partial charge in [-0.1, -0.05) is 30.8 Å². The van der Waals surface area contributed by atoms with Gasteiger partial charge in [-0.05, 0) is 126 Å². The van der Waals surface area contributed by atoms with E-state index in [1.54, 1.807) is 0 Å². The van der Waals surface area contributed by atoms with Gasteiger partial charge >= 0.3 is 0 Å². The highest BCUT2D eigenvalue weighted by Gasteiger charge is 2.52. The van der Waals surface area contributed by atoms with Crippen molar-refractivity contribution in [3.8, 4) is 16.9 Å². The van der Waals surface area contributed by atoms with Crippen LogP contribution in [0.3, 0.4) is 0 Å². The first-order valence-corrected chi connectivity index (χ1v) is 13.3. The summed E-state index contributed by atoms with van der Waals surface area (Å²) in [6.45, 7) is 3.67. The molecular formula is C30H27NO3S. The summed E-state index contributed by atoms with van der Waals surface area (Å²) in [6.07, 6.45) is 7.80. The molecule has 4 saturated carbocycles. The number of rotatable bonds is 3. The van der Waals surface area contributed by atoms with Crippen LogP contribution in [0, 0.1) is 17.8 Å². The first-order chi connectivity index (χ1) is 16.9. The fourth-order valence-electron chi connectivity index (χ4n) is 7.76. The number of hydrogen-bond acceptors (Lipinski definition) is 4. The lowest BCUT2D eigenvalue weighted by atomic mass is 9.48. The van der Waals surface area contributed by atoms with E-state index in [4.69, 9.17) is 0 Å². The summed E-state index contributed by atoms with van der Waals surface area (Å²) < 4.78 is 0. The average Bonchev–Trinajstić information content (AvgIpc) is 3.08. The molecule has 3 aromatic rings. The van der Waals surface area contributed by atoms with E-state index in [2.05, 4.69) is 24.8 Å². The number of anilines is 1. The Morgan fingerprint density at radius 2 is 1.43 bits per heavy atom. The summed E-state index contributed by atoms with van der Waals surface area (Å²) in [6, 6.07) is 18.1. The maximum absolute atomic E-state index is 12.3. The number of fused-ring (bicyclic) bond motifs is 1. The van der Waals surface area contributed by atoms with Crippen molar-refractivity contribution in [3.63, 3.8) is 0 Å². The molecule has 5 heteroatoms. The molecule has 1 N–H and O–H groups in total. The monoisotopic (exact) mass is 481 g/mol. The van der Waals surface area contributed by atoms with Crippen LogP contribution >= 0.6 is 11.8 Å². The van der Waals surface area contributed by atoms with Crippen molar-refractivity contribution in [2.24, 2.45) is 17.8 Å². The summed E-state index contributed by atoms with van der Waals surface area (Å²) in [5.41, 5.74) is 4.08. The minimum Gasteiger partial charge on any atom is -0.508 e. The lowest BCUT2D eigenvalue weighted by molar-refractivity contribution is -0.113. The van der Waals surface area contributed by atoms with Crippen molar-refractivity contribution < 1.29 is 14.7 Å². The minimum atomic E-state index is -0.350. The summed E-state index contributed by atoms with van der Waals surface area (Å²) in [5.74, 6) is 2.56. The molecule has 0 radical (unpaired) electrons. The van der Waals surface area contributed by atoms with Crippen LogP contribution in [-0.2, 0) is 10.2 Å². The third-order valence-electron chi connectivity index (χ3n) is 8.86. The fraction of sp³-hybridized carbons (Fsp3) is 0.333. The van der Waals surface area contributed by atoms with E-state index in [0.717, 1.165) is 57.0 Å². The molecule has 5 fully saturated rings. The van der Waals surface area contributed by atoms with E-state index < -0.39 is 0 Å². The van der Waals surface area contributed by atoms with Crippen molar-refractivity contribution in [3.05, 3.63) is 71.6 Å². The number of carbonyl (C=O) groups excluding carboxylic acids is 2. The van der Waals surface area contributed by atoms with Crippen LogP contribution in [0.25, 0.3) is 21.9 Å². The zero-order valence-electron chi connectivity index (χ0n) is 19.5. The quantitative estimate of drug-likeness (QED) is 0.396. The summed E-state index contributed by atoms with van der Waals surface area (Å²) >= 11 is 0.882. The number of carbonyl (C=O) groups is 2. The number of thioether (sulfide) groups is 1. The van der Waals surface area contributed by atoms with Crippen molar-refractivity contribution in [2.75, 3.05) is 4.90 Å². The number of aromatic hydroxyl groups is 1. The second-order valence-electron chi connectivity index (χ2n) is 11.1. The smallest absolute Gasteiger partial charge is 0.298 e. The Morgan fingerprint density at radius 1 is 0.829 bits per heavy atom. The molecule has 2 amide bonds. The first-order valence-electron chi connectivity index (χ1n) is 12.5. The highest BCUT2D eigenvalue weighted by Crippen LogP contribution is 2.62. The second-order valence-corrected chi connectivity index (χ2v) is 12.2. The Hall–Kier alpha value is -3.05. The molecule has 0 unspecified atom stereocenters. The molecule has 0 aromatic heterocycles. The lowest BCUT2D eigenvalue weighted by Gasteiger charge is -2.57. The largest absolute Gasteiger partial charge is 0.508 e. The zero-order valence-corrected chi connectivity index (χ0v) is 20.3. The zero-order chi connectivity index (χ0) is 23.9. The van der Waals surface area contributed by atoms with Crippen molar-refractivity contribution in [1.29, 1.82) is 0 Å². The molecule has 8 rings (SSSR count). The SMILES string of the molecule is C=C1SC(=O)N(c2ccc3cc(-c4ccc(O)c(C56CC7CC(CC(C7)C5)C6)c4)ccc3c2)C1=O. The molecule has 176 valence electrons. The summed E-state index contributed by atoms with van der Waals surface area (Å²) in [4.78, 5) is 26.0. The minimum absolute atomic E-state index is 0.136. The van der Waals surface area contributed by atoms with Gasteiger partial charge in [0, 0.05) is 5.56 Å². The molecule has 5 aliphatic rings. The second kappa shape index (κ2) is 7.47. The van der Waals surface area contributed by atoms with Gasteiger partial charge in [0.25, 0.3) is 11.1 Å². The molecule has 0 atom stereocenters. The topological polar surface area (TPSA) is 57.6 Å². The fourth-order valence-corrected chi connectivity index (χ4v) is 8.43. The Kier molecular flexibility index (Phi) is 4.54. The highest BCUT2D eigenvalue weighted by molar-refractivity contribution is 8.18. The van der Waals surface area contributed by atoms with E-state index >= 15 is 0 Å². The lowest BCUT2D eigenvalue weighted by Crippen LogP contribution is -2.48. The molecule has 4 bridgehead atoms. The van der Waals surface area contributed by atoms with Crippen molar-refractivity contribution in [2.45, 2.75) is 43.9 Å². The van der Waals surface area contributed by atoms with Gasteiger partial charge in [-0.2, -0.15) is 0 Å². The standard InChI is InChI=1S/C30H27NO3S/c1-17-28(33)31(29(34)35-17)25-6-4-22-11-21(2-3-23(22)12-25)24-5-7-27(32)26(13-24)30-14-18-8-19(15-30)10-20(9-18)16-30/h2-7,11-13,18-20,32H,1,8-10,14-16H2. The van der Waals surface area contributed by atoms with E-state index in [0.29, 0.717) is 11.4 Å². The average molecular weight is 482 g/mol. The van der Waals surface area contributed by atoms with Crippen LogP contribution in [0.4, 0.5) is 10.5 Å². The summed E-state index contributed by atoms with van der Waals surface area (Å²) in [7, 11) is 0. The van der Waals surface area contributed by atoms with Crippen LogP contribution in [0.1, 0.15) is 44.1 Å². The van der Waals surface area contributed by atoms with Gasteiger partial charge < -0.3 is 5.11 Å². The van der Waals surface area contributed by atoms with E-state index in [-0.39, 0.29) is 21.5 Å². The molecule has 1 aliphatic heterocycles. The van der Waals surface area contributed by atoms with Crippen molar-refractivity contribution >= 4 is 39.4 Å². The van der Waals surface area contributed by atoms with E-state index in [1.807, 2.05) is 36.4 Å². The van der Waals surface area contributed by atoms with Crippen LogP contribution in [-0.4, -0.2) is 16.3 Å². The number of hydrogen-bond donors (Lipinski definition) is 1.